The highest BCUT2D eigenvalue weighted by Gasteiger charge is 2.19. The van der Waals surface area contributed by atoms with E-state index in [0.717, 1.165) is 11.1 Å². The molecule has 144 valence electrons. The molecule has 0 atom stereocenters. The molecule has 1 fully saturated rings. The molecule has 0 bridgehead atoms. The van der Waals surface area contributed by atoms with Crippen LogP contribution in [-0.2, 0) is 14.3 Å². The molecule has 2 aromatic rings. The molecule has 0 radical (unpaired) electrons. The molecule has 0 spiro atoms. The van der Waals surface area contributed by atoms with Gasteiger partial charge in [-0.05, 0) is 14.0 Å². The third-order valence-electron chi connectivity index (χ3n) is 4.30. The van der Waals surface area contributed by atoms with E-state index in [1.165, 1.54) is 0 Å². The number of nitrogens with zero attached hydrogens (tertiary/aromatic N) is 3. The van der Waals surface area contributed by atoms with Crippen LogP contribution in [0, 0.1) is 6.92 Å². The first-order valence-corrected chi connectivity index (χ1v) is 8.89. The second kappa shape index (κ2) is 8.79. The van der Waals surface area contributed by atoms with Crippen LogP contribution in [0.2, 0.25) is 0 Å². The number of morpholine rings is 1. The van der Waals surface area contributed by atoms with Crippen LogP contribution in [0.25, 0.3) is 11.3 Å². The topological polar surface area (TPSA) is 87.9 Å². The predicted molar refractivity (Wildman–Crippen MR) is 100 cm³/mol. The number of benzene rings is 1. The van der Waals surface area contributed by atoms with Crippen molar-refractivity contribution in [1.82, 2.24) is 15.0 Å². The minimum absolute atomic E-state index is 0.00470. The summed E-state index contributed by atoms with van der Waals surface area (Å²) in [5, 5.41) is 6.65. The number of ether oxygens (including phenoxy) is 1. The van der Waals surface area contributed by atoms with Gasteiger partial charge in [-0.15, -0.1) is 0 Å². The third kappa shape index (κ3) is 5.38. The monoisotopic (exact) mass is 372 g/mol. The van der Waals surface area contributed by atoms with Crippen LogP contribution in [0.15, 0.2) is 34.9 Å². The third-order valence-corrected chi connectivity index (χ3v) is 4.30. The van der Waals surface area contributed by atoms with Gasteiger partial charge in [-0.3, -0.25) is 19.8 Å². The summed E-state index contributed by atoms with van der Waals surface area (Å²) < 4.78 is 10.4. The number of carbonyl (C=O) groups excluding carboxylic acids is 2. The van der Waals surface area contributed by atoms with Crippen molar-refractivity contribution in [1.29, 1.82) is 0 Å². The predicted octanol–water partition coefficient (Wildman–Crippen LogP) is 1.38. The summed E-state index contributed by atoms with van der Waals surface area (Å²) in [5.74, 6) is 0.0114. The molecule has 3 rings (SSSR count). The summed E-state index contributed by atoms with van der Waals surface area (Å²) in [6.07, 6.45) is 0. The number of nitrogens with one attached hydrogen (secondary N) is 1. The number of carbonyl (C=O) groups is 2. The summed E-state index contributed by atoms with van der Waals surface area (Å²) in [7, 11) is 1.73. The van der Waals surface area contributed by atoms with E-state index >= 15 is 0 Å². The van der Waals surface area contributed by atoms with Gasteiger partial charge < -0.3 is 14.2 Å². The highest BCUT2D eigenvalue weighted by atomic mass is 16.5. The van der Waals surface area contributed by atoms with Crippen molar-refractivity contribution in [3.05, 3.63) is 35.9 Å². The van der Waals surface area contributed by atoms with Gasteiger partial charge in [0.1, 0.15) is 5.69 Å². The molecular formula is C19H24N4O4. The number of hydrogen-bond acceptors (Lipinski definition) is 6. The molecule has 1 aromatic heterocycles. The number of anilines is 1. The minimum atomic E-state index is -0.265. The zero-order chi connectivity index (χ0) is 19.2. The Labute approximate surface area is 158 Å². The maximum absolute atomic E-state index is 12.2. The van der Waals surface area contributed by atoms with Crippen molar-refractivity contribution in [2.45, 2.75) is 6.92 Å². The van der Waals surface area contributed by atoms with Crippen molar-refractivity contribution >= 4 is 17.7 Å². The molecule has 0 aliphatic carbocycles. The SMILES string of the molecule is Cc1ccc(-c2cc(NC(=O)CN(C)CC(=O)N3CCOCC3)on2)cc1. The Kier molecular flexibility index (Phi) is 6.20. The van der Waals surface area contributed by atoms with Crippen LogP contribution >= 0.6 is 0 Å². The van der Waals surface area contributed by atoms with Crippen molar-refractivity contribution in [3.8, 4) is 11.3 Å². The van der Waals surface area contributed by atoms with Gasteiger partial charge in [-0.25, -0.2) is 0 Å². The van der Waals surface area contributed by atoms with Gasteiger partial charge in [0.2, 0.25) is 17.7 Å². The Bertz CT molecular complexity index is 781. The number of rotatable bonds is 6. The van der Waals surface area contributed by atoms with Crippen molar-refractivity contribution in [3.63, 3.8) is 0 Å². The Hall–Kier alpha value is -2.71. The fraction of sp³-hybridized carbons (Fsp3) is 0.421. The van der Waals surface area contributed by atoms with Crippen LogP contribution in [0.1, 0.15) is 5.56 Å². The second-order valence-corrected chi connectivity index (χ2v) is 6.66. The summed E-state index contributed by atoms with van der Waals surface area (Å²) in [4.78, 5) is 27.8. The standard InChI is InChI=1S/C19H24N4O4/c1-14-3-5-15(6-4-14)16-11-18(27-21-16)20-17(24)12-22(2)13-19(25)23-7-9-26-10-8-23/h3-6,11H,7-10,12-13H2,1-2H3,(H,20,24). The summed E-state index contributed by atoms with van der Waals surface area (Å²) in [5.41, 5.74) is 2.73. The lowest BCUT2D eigenvalue weighted by Crippen LogP contribution is -2.46. The maximum atomic E-state index is 12.2. The fourth-order valence-electron chi connectivity index (χ4n) is 2.82. The largest absolute Gasteiger partial charge is 0.378 e. The lowest BCUT2D eigenvalue weighted by atomic mass is 10.1. The van der Waals surface area contributed by atoms with Gasteiger partial charge in [0.25, 0.3) is 0 Å². The van der Waals surface area contributed by atoms with E-state index in [4.69, 9.17) is 9.26 Å². The van der Waals surface area contributed by atoms with E-state index in [1.54, 1.807) is 22.9 Å². The zero-order valence-electron chi connectivity index (χ0n) is 15.6. The van der Waals surface area contributed by atoms with Gasteiger partial charge in [-0.1, -0.05) is 35.0 Å². The van der Waals surface area contributed by atoms with Gasteiger partial charge >= 0.3 is 0 Å². The Morgan fingerprint density at radius 1 is 1.19 bits per heavy atom. The maximum Gasteiger partial charge on any atom is 0.240 e. The number of aromatic nitrogens is 1. The molecule has 2 amide bonds. The molecule has 0 unspecified atom stereocenters. The van der Waals surface area contributed by atoms with Crippen LogP contribution < -0.4 is 5.32 Å². The normalized spacial score (nSPS) is 14.4. The van der Waals surface area contributed by atoms with Crippen molar-refractivity contribution in [2.24, 2.45) is 0 Å². The Morgan fingerprint density at radius 2 is 1.89 bits per heavy atom. The van der Waals surface area contributed by atoms with Crippen LogP contribution in [0.3, 0.4) is 0 Å². The second-order valence-electron chi connectivity index (χ2n) is 6.66. The van der Waals surface area contributed by atoms with Gasteiger partial charge in [0.05, 0.1) is 26.3 Å². The highest BCUT2D eigenvalue weighted by Crippen LogP contribution is 2.21. The van der Waals surface area contributed by atoms with Crippen LogP contribution in [-0.4, -0.2) is 73.2 Å². The number of aryl methyl sites for hydroxylation is 1. The summed E-state index contributed by atoms with van der Waals surface area (Å²) in [6, 6.07) is 9.56. The van der Waals surface area contributed by atoms with E-state index in [9.17, 15) is 9.59 Å². The Morgan fingerprint density at radius 3 is 2.59 bits per heavy atom. The lowest BCUT2D eigenvalue weighted by molar-refractivity contribution is -0.136. The van der Waals surface area contributed by atoms with E-state index in [2.05, 4.69) is 10.5 Å². The first kappa shape index (κ1) is 19.1. The highest BCUT2D eigenvalue weighted by molar-refractivity contribution is 5.91. The Balaban J connectivity index is 1.48. The zero-order valence-corrected chi connectivity index (χ0v) is 15.6. The fourth-order valence-corrected chi connectivity index (χ4v) is 2.82. The van der Waals surface area contributed by atoms with E-state index in [1.807, 2.05) is 31.2 Å². The van der Waals surface area contributed by atoms with Gasteiger partial charge in [0.15, 0.2) is 0 Å². The molecule has 1 aromatic carbocycles. The van der Waals surface area contributed by atoms with Gasteiger partial charge in [0, 0.05) is 24.7 Å². The molecule has 1 aliphatic rings. The number of hydrogen-bond donors (Lipinski definition) is 1. The average Bonchev–Trinajstić information content (AvgIpc) is 3.11. The van der Waals surface area contributed by atoms with Crippen molar-refractivity contribution < 1.29 is 18.8 Å². The van der Waals surface area contributed by atoms with Crippen molar-refractivity contribution in [2.75, 3.05) is 51.8 Å². The molecule has 1 aliphatic heterocycles. The summed E-state index contributed by atoms with van der Waals surface area (Å²) in [6.45, 7) is 4.58. The van der Waals surface area contributed by atoms with E-state index < -0.39 is 0 Å². The van der Waals surface area contributed by atoms with E-state index in [-0.39, 0.29) is 30.8 Å². The molecule has 27 heavy (non-hydrogen) atoms. The summed E-state index contributed by atoms with van der Waals surface area (Å²) >= 11 is 0. The van der Waals surface area contributed by atoms with E-state index in [0.29, 0.717) is 32.0 Å². The molecule has 8 heteroatoms. The lowest BCUT2D eigenvalue weighted by Gasteiger charge is -2.28. The molecule has 8 nitrogen and oxygen atoms in total. The first-order valence-electron chi connectivity index (χ1n) is 8.89. The number of likely N-dealkylation sites (N-methyl/N-ethyl adjacent to an activating group) is 1. The van der Waals surface area contributed by atoms with Gasteiger partial charge in [-0.2, -0.15) is 0 Å². The molecular weight excluding hydrogens is 348 g/mol. The average molecular weight is 372 g/mol. The molecule has 1 N–H and O–H groups in total. The first-order chi connectivity index (χ1) is 13.0. The smallest absolute Gasteiger partial charge is 0.240 e. The van der Waals surface area contributed by atoms with Crippen LogP contribution in [0.5, 0.6) is 0 Å². The quantitative estimate of drug-likeness (QED) is 0.824. The minimum Gasteiger partial charge on any atom is -0.378 e. The van der Waals surface area contributed by atoms with Crippen LogP contribution in [0.4, 0.5) is 5.88 Å². The molecule has 0 saturated carbocycles. The molecule has 2 heterocycles. The number of amides is 2. The molecule has 1 saturated heterocycles.